The van der Waals surface area contributed by atoms with Gasteiger partial charge in [-0.25, -0.2) is 9.59 Å². The Morgan fingerprint density at radius 3 is 2.54 bits per heavy atom. The molecule has 0 spiro atoms. The van der Waals surface area contributed by atoms with Gasteiger partial charge in [0.1, 0.15) is 42.7 Å². The Kier molecular flexibility index (Phi) is 7.57. The number of hydrogen-bond donors (Lipinski definition) is 5. The van der Waals surface area contributed by atoms with E-state index in [0.717, 1.165) is 0 Å². The Bertz CT molecular complexity index is 1510. The molecule has 0 unspecified atom stereocenters. The average Bonchev–Trinajstić information content (AvgIpc) is 3.39. The lowest BCUT2D eigenvalue weighted by Crippen LogP contribution is -2.61. The molecule has 2 aliphatic heterocycles. The molecule has 0 aliphatic carbocycles. The summed E-state index contributed by atoms with van der Waals surface area (Å²) in [4.78, 5) is 24.2. The van der Waals surface area contributed by atoms with Gasteiger partial charge in [-0.3, -0.25) is 0 Å². The van der Waals surface area contributed by atoms with Crippen LogP contribution in [0.15, 0.2) is 45.6 Å². The summed E-state index contributed by atoms with van der Waals surface area (Å²) < 4.78 is 33.1. The van der Waals surface area contributed by atoms with Crippen LogP contribution in [0.1, 0.15) is 29.8 Å². The SMILES string of the molecule is COc1cc(C(=O)OC[C@@H]2O[C@H](OC(C)(C)[C@@H]3Cc4cc5ccc(=O)oc5c(O)c4O3)[C@@H](O)[C@@H](O)[C@H]2O)ccc1O. The second-order valence-electron chi connectivity index (χ2n) is 10.4. The number of hydrogen-bond acceptors (Lipinski definition) is 13. The van der Waals surface area contributed by atoms with E-state index in [1.807, 2.05) is 0 Å². The summed E-state index contributed by atoms with van der Waals surface area (Å²) in [7, 11) is 1.32. The highest BCUT2D eigenvalue weighted by atomic mass is 16.7. The molecule has 3 heterocycles. The molecule has 3 aromatic rings. The molecule has 1 saturated heterocycles. The standard InChI is InChI=1S/C28H30O13/c1-28(2,18-10-14-8-12-5-7-19(30)40-24(12)23(34)25(14)39-18)41-27-22(33)21(32)20(31)17(38-27)11-37-26(35)13-4-6-15(29)16(9-13)36-3/h4-9,17-18,20-22,27,29,31-34H,10-11H2,1-3H3/t17-,18-,20-,21-,22-,27+/m0/s1. The van der Waals surface area contributed by atoms with Crippen molar-refractivity contribution in [3.63, 3.8) is 0 Å². The van der Waals surface area contributed by atoms with Crippen LogP contribution in [0.25, 0.3) is 11.0 Å². The minimum atomic E-state index is -1.69. The molecular weight excluding hydrogens is 544 g/mol. The third-order valence-electron chi connectivity index (χ3n) is 7.24. The number of rotatable bonds is 7. The van der Waals surface area contributed by atoms with E-state index in [1.165, 1.54) is 37.4 Å². The quantitative estimate of drug-likeness (QED) is 0.198. The number of aromatic hydroxyl groups is 2. The fraction of sp³-hybridized carbons (Fsp3) is 0.429. The Balaban J connectivity index is 1.28. The van der Waals surface area contributed by atoms with Crippen LogP contribution >= 0.6 is 0 Å². The summed E-state index contributed by atoms with van der Waals surface area (Å²) in [5, 5.41) is 52.5. The second kappa shape index (κ2) is 10.8. The average molecular weight is 575 g/mol. The fourth-order valence-electron chi connectivity index (χ4n) is 4.86. The van der Waals surface area contributed by atoms with E-state index in [4.69, 9.17) is 28.1 Å². The van der Waals surface area contributed by atoms with E-state index in [9.17, 15) is 35.1 Å². The van der Waals surface area contributed by atoms with Crippen molar-refractivity contribution in [3.8, 4) is 23.0 Å². The Morgan fingerprint density at radius 2 is 1.80 bits per heavy atom. The second-order valence-corrected chi connectivity index (χ2v) is 10.4. The molecule has 41 heavy (non-hydrogen) atoms. The van der Waals surface area contributed by atoms with E-state index in [2.05, 4.69) is 0 Å². The number of aliphatic hydroxyl groups excluding tert-OH is 3. The molecule has 6 atom stereocenters. The Labute approximate surface area is 233 Å². The zero-order valence-electron chi connectivity index (χ0n) is 22.3. The van der Waals surface area contributed by atoms with Crippen LogP contribution in [0.4, 0.5) is 0 Å². The van der Waals surface area contributed by atoms with Crippen molar-refractivity contribution in [2.24, 2.45) is 0 Å². The van der Waals surface area contributed by atoms with Gasteiger partial charge < -0.3 is 53.6 Å². The summed E-state index contributed by atoms with van der Waals surface area (Å²) in [5.74, 6) is -1.11. The lowest BCUT2D eigenvalue weighted by atomic mass is 9.95. The minimum absolute atomic E-state index is 0.0121. The summed E-state index contributed by atoms with van der Waals surface area (Å²) in [6, 6.07) is 8.35. The fourth-order valence-corrected chi connectivity index (χ4v) is 4.86. The predicted octanol–water partition coefficient (Wildman–Crippen LogP) is 0.976. The number of ether oxygens (including phenoxy) is 5. The predicted molar refractivity (Wildman–Crippen MR) is 139 cm³/mol. The van der Waals surface area contributed by atoms with Crippen LogP contribution in [-0.4, -0.2) is 87.6 Å². The normalized spacial score (nSPS) is 25.9. The largest absolute Gasteiger partial charge is 0.504 e. The van der Waals surface area contributed by atoms with Crippen molar-refractivity contribution in [2.45, 2.75) is 62.7 Å². The van der Waals surface area contributed by atoms with Crippen LogP contribution in [-0.2, 0) is 20.6 Å². The van der Waals surface area contributed by atoms with E-state index in [-0.39, 0.29) is 40.6 Å². The van der Waals surface area contributed by atoms with E-state index >= 15 is 0 Å². The molecule has 0 bridgehead atoms. The van der Waals surface area contributed by atoms with Crippen molar-refractivity contribution < 1.29 is 58.4 Å². The molecule has 220 valence electrons. The van der Waals surface area contributed by atoms with Gasteiger partial charge in [-0.2, -0.15) is 0 Å². The first-order chi connectivity index (χ1) is 19.4. The summed E-state index contributed by atoms with van der Waals surface area (Å²) in [5.41, 5.74) is -1.12. The number of carbonyl (C=O) groups excluding carboxylic acids is 1. The van der Waals surface area contributed by atoms with Crippen LogP contribution in [0.5, 0.6) is 23.0 Å². The van der Waals surface area contributed by atoms with Gasteiger partial charge in [0.25, 0.3) is 0 Å². The highest BCUT2D eigenvalue weighted by molar-refractivity contribution is 5.90. The zero-order chi connectivity index (χ0) is 29.6. The molecule has 2 aliphatic rings. The summed E-state index contributed by atoms with van der Waals surface area (Å²) in [6.45, 7) is 2.81. The number of aliphatic hydroxyl groups is 3. The highest BCUT2D eigenvalue weighted by Crippen LogP contribution is 2.45. The van der Waals surface area contributed by atoms with E-state index in [1.54, 1.807) is 19.9 Å². The minimum Gasteiger partial charge on any atom is -0.504 e. The Hall–Kier alpha value is -3.88. The smallest absolute Gasteiger partial charge is 0.338 e. The highest BCUT2D eigenvalue weighted by Gasteiger charge is 2.49. The third kappa shape index (κ3) is 5.42. The van der Waals surface area contributed by atoms with Gasteiger partial charge in [-0.15, -0.1) is 0 Å². The van der Waals surface area contributed by atoms with Crippen LogP contribution in [0, 0.1) is 0 Å². The molecule has 0 amide bonds. The number of fused-ring (bicyclic) bond motifs is 2. The number of phenols is 2. The van der Waals surface area contributed by atoms with Crippen LogP contribution in [0.3, 0.4) is 0 Å². The molecule has 0 saturated carbocycles. The van der Waals surface area contributed by atoms with Crippen LogP contribution < -0.4 is 15.1 Å². The maximum Gasteiger partial charge on any atom is 0.338 e. The molecule has 13 nitrogen and oxygen atoms in total. The topological polar surface area (TPSA) is 195 Å². The molecule has 5 N–H and O–H groups in total. The van der Waals surface area contributed by atoms with Crippen molar-refractivity contribution in [1.29, 1.82) is 0 Å². The third-order valence-corrected chi connectivity index (χ3v) is 7.24. The van der Waals surface area contributed by atoms with Gasteiger partial charge in [0.15, 0.2) is 29.1 Å². The number of methoxy groups -OCH3 is 1. The molecule has 1 aromatic heterocycles. The van der Waals surface area contributed by atoms with Crippen molar-refractivity contribution in [1.82, 2.24) is 0 Å². The monoisotopic (exact) mass is 574 g/mol. The van der Waals surface area contributed by atoms with Crippen molar-refractivity contribution in [2.75, 3.05) is 13.7 Å². The van der Waals surface area contributed by atoms with Gasteiger partial charge in [0.05, 0.1) is 12.7 Å². The van der Waals surface area contributed by atoms with Gasteiger partial charge in [-0.05, 0) is 44.2 Å². The lowest BCUT2D eigenvalue weighted by Gasteiger charge is -2.43. The molecule has 1 fully saturated rings. The van der Waals surface area contributed by atoms with Gasteiger partial charge in [-0.1, -0.05) is 0 Å². The van der Waals surface area contributed by atoms with Gasteiger partial charge >= 0.3 is 11.6 Å². The molecule has 5 rings (SSSR count). The molecule has 2 aromatic carbocycles. The first kappa shape index (κ1) is 28.6. The van der Waals surface area contributed by atoms with Crippen molar-refractivity contribution >= 4 is 16.9 Å². The number of carbonyl (C=O) groups is 1. The molecular formula is C28H30O13. The molecule has 13 heteroatoms. The number of benzene rings is 2. The summed E-state index contributed by atoms with van der Waals surface area (Å²) >= 11 is 0. The van der Waals surface area contributed by atoms with Crippen LogP contribution in [0.2, 0.25) is 0 Å². The van der Waals surface area contributed by atoms with Gasteiger partial charge in [0.2, 0.25) is 5.75 Å². The first-order valence-corrected chi connectivity index (χ1v) is 12.8. The van der Waals surface area contributed by atoms with Crippen molar-refractivity contribution in [3.05, 3.63) is 57.9 Å². The molecule has 0 radical (unpaired) electrons. The van der Waals surface area contributed by atoms with E-state index < -0.39 is 60.6 Å². The number of phenolic OH excluding ortho intramolecular Hbond substituents is 2. The maximum absolute atomic E-state index is 12.5. The summed E-state index contributed by atoms with van der Waals surface area (Å²) in [6.07, 6.45) is -8.10. The van der Waals surface area contributed by atoms with E-state index in [0.29, 0.717) is 10.9 Å². The maximum atomic E-state index is 12.5. The zero-order valence-corrected chi connectivity index (χ0v) is 22.3. The first-order valence-electron chi connectivity index (χ1n) is 12.8. The Morgan fingerprint density at radius 1 is 1.05 bits per heavy atom. The number of esters is 1. The van der Waals surface area contributed by atoms with Gasteiger partial charge in [0, 0.05) is 23.4 Å². The lowest BCUT2D eigenvalue weighted by molar-refractivity contribution is -0.329.